The van der Waals surface area contributed by atoms with E-state index in [0.29, 0.717) is 17.7 Å². The molecule has 0 aliphatic rings. The molecule has 1 N–H and O–H groups in total. The molecule has 0 saturated heterocycles. The second kappa shape index (κ2) is 8.81. The van der Waals surface area contributed by atoms with Gasteiger partial charge < -0.3 is 0 Å². The van der Waals surface area contributed by atoms with Gasteiger partial charge >= 0.3 is 11.7 Å². The standard InChI is InChI=1S/C16H9ClF6N4S3/c17-11-5-8(15(18,19)20)6-24-13(11)29-7-12-25-26-14(28)27(12)9-1-3-10(4-2-9)30-16(21,22)23/h1-6H,7H2,(H,26,28). The van der Waals surface area contributed by atoms with E-state index in [1.807, 2.05) is 0 Å². The summed E-state index contributed by atoms with van der Waals surface area (Å²) in [7, 11) is 0. The van der Waals surface area contributed by atoms with Gasteiger partial charge in [-0.2, -0.15) is 31.4 Å². The molecule has 160 valence electrons. The molecule has 0 amide bonds. The van der Waals surface area contributed by atoms with Crippen molar-refractivity contribution >= 4 is 47.3 Å². The molecule has 0 saturated carbocycles. The van der Waals surface area contributed by atoms with Crippen LogP contribution >= 0.6 is 47.3 Å². The Morgan fingerprint density at radius 1 is 1.10 bits per heavy atom. The van der Waals surface area contributed by atoms with Gasteiger partial charge in [-0.25, -0.2) is 4.98 Å². The third-order valence-electron chi connectivity index (χ3n) is 3.54. The van der Waals surface area contributed by atoms with Gasteiger partial charge in [-0.3, -0.25) is 9.67 Å². The largest absolute Gasteiger partial charge is 0.446 e. The van der Waals surface area contributed by atoms with Gasteiger partial charge in [0.15, 0.2) is 4.77 Å². The number of hydrogen-bond acceptors (Lipinski definition) is 5. The van der Waals surface area contributed by atoms with E-state index in [-0.39, 0.29) is 37.2 Å². The molecule has 0 radical (unpaired) electrons. The monoisotopic (exact) mass is 502 g/mol. The number of thioether (sulfide) groups is 2. The Bertz CT molecular complexity index is 1090. The highest BCUT2D eigenvalue weighted by atomic mass is 35.5. The van der Waals surface area contributed by atoms with E-state index in [1.54, 1.807) is 0 Å². The highest BCUT2D eigenvalue weighted by Crippen LogP contribution is 2.37. The molecule has 4 nitrogen and oxygen atoms in total. The third-order valence-corrected chi connectivity index (χ3v) is 5.96. The van der Waals surface area contributed by atoms with Crippen LogP contribution in [0.5, 0.6) is 0 Å². The first-order valence-electron chi connectivity index (χ1n) is 7.82. The first-order chi connectivity index (χ1) is 13.9. The van der Waals surface area contributed by atoms with Gasteiger partial charge in [0.25, 0.3) is 0 Å². The van der Waals surface area contributed by atoms with Gasteiger partial charge in [-0.15, -0.1) is 0 Å². The fourth-order valence-electron chi connectivity index (χ4n) is 2.31. The SMILES string of the molecule is FC(F)(F)Sc1ccc(-n2c(CSc3ncc(C(F)(F)F)cc3Cl)n[nH]c2=S)cc1. The van der Waals surface area contributed by atoms with Gasteiger partial charge in [-0.1, -0.05) is 23.4 Å². The molecule has 3 aromatic rings. The van der Waals surface area contributed by atoms with Crippen LogP contribution in [0.15, 0.2) is 46.5 Å². The van der Waals surface area contributed by atoms with E-state index in [1.165, 1.54) is 28.8 Å². The Morgan fingerprint density at radius 3 is 2.33 bits per heavy atom. The van der Waals surface area contributed by atoms with Gasteiger partial charge in [0.05, 0.1) is 16.3 Å². The molecule has 14 heteroatoms. The van der Waals surface area contributed by atoms with Crippen molar-refractivity contribution in [2.75, 3.05) is 0 Å². The average Bonchev–Trinajstić information content (AvgIpc) is 3.00. The molecule has 0 unspecified atom stereocenters. The maximum atomic E-state index is 12.7. The van der Waals surface area contributed by atoms with Gasteiger partial charge in [-0.05, 0) is 54.3 Å². The number of alkyl halides is 6. The number of nitrogens with one attached hydrogen (secondary N) is 1. The van der Waals surface area contributed by atoms with E-state index >= 15 is 0 Å². The lowest BCUT2D eigenvalue weighted by Crippen LogP contribution is -2.06. The molecule has 0 atom stereocenters. The average molecular weight is 503 g/mol. The second-order valence-corrected chi connectivity index (χ2v) is 8.52. The Labute approximate surface area is 184 Å². The molecule has 0 bridgehead atoms. The van der Waals surface area contributed by atoms with E-state index in [2.05, 4.69) is 15.2 Å². The molecule has 2 heterocycles. The summed E-state index contributed by atoms with van der Waals surface area (Å²) in [5, 5.41) is 6.65. The number of aromatic amines is 1. The first kappa shape index (κ1) is 23.0. The van der Waals surface area contributed by atoms with E-state index in [0.717, 1.165) is 17.8 Å². The summed E-state index contributed by atoms with van der Waals surface area (Å²) in [6.07, 6.45) is -3.87. The second-order valence-electron chi connectivity index (χ2n) is 5.62. The van der Waals surface area contributed by atoms with Crippen LogP contribution in [-0.2, 0) is 11.9 Å². The van der Waals surface area contributed by atoms with Crippen LogP contribution in [0.25, 0.3) is 5.69 Å². The lowest BCUT2D eigenvalue weighted by atomic mass is 10.3. The number of aromatic nitrogens is 4. The summed E-state index contributed by atoms with van der Waals surface area (Å²) < 4.78 is 77.3. The van der Waals surface area contributed by atoms with Crippen molar-refractivity contribution in [1.29, 1.82) is 0 Å². The van der Waals surface area contributed by atoms with E-state index in [9.17, 15) is 26.3 Å². The third kappa shape index (κ3) is 5.71. The van der Waals surface area contributed by atoms with Crippen molar-refractivity contribution in [2.24, 2.45) is 0 Å². The zero-order valence-electron chi connectivity index (χ0n) is 14.4. The zero-order valence-corrected chi connectivity index (χ0v) is 17.6. The molecule has 0 aliphatic heterocycles. The summed E-state index contributed by atoms with van der Waals surface area (Å²) in [5.74, 6) is 0.531. The number of hydrogen-bond donors (Lipinski definition) is 1. The van der Waals surface area contributed by atoms with Crippen LogP contribution in [0.2, 0.25) is 5.02 Å². The molecule has 0 aliphatic carbocycles. The highest BCUT2D eigenvalue weighted by Gasteiger charge is 2.32. The van der Waals surface area contributed by atoms with Gasteiger partial charge in [0, 0.05) is 16.8 Å². The highest BCUT2D eigenvalue weighted by molar-refractivity contribution is 8.00. The smallest absolute Gasteiger partial charge is 0.271 e. The lowest BCUT2D eigenvalue weighted by molar-refractivity contribution is -0.137. The minimum atomic E-state index is -4.56. The number of nitrogens with zero attached hydrogens (tertiary/aromatic N) is 3. The lowest BCUT2D eigenvalue weighted by Gasteiger charge is -2.10. The minimum absolute atomic E-state index is 0.0120. The Morgan fingerprint density at radius 2 is 1.77 bits per heavy atom. The van der Waals surface area contributed by atoms with Crippen molar-refractivity contribution in [1.82, 2.24) is 19.7 Å². The Kier molecular flexibility index (Phi) is 6.75. The Hall–Kier alpha value is -1.70. The fourth-order valence-corrected chi connectivity index (χ4v) is 4.22. The maximum Gasteiger partial charge on any atom is 0.446 e. The van der Waals surface area contributed by atoms with E-state index < -0.39 is 17.2 Å². The topological polar surface area (TPSA) is 46.5 Å². The van der Waals surface area contributed by atoms with Crippen molar-refractivity contribution < 1.29 is 26.3 Å². The summed E-state index contributed by atoms with van der Waals surface area (Å²) in [5.41, 5.74) is -4.89. The minimum Gasteiger partial charge on any atom is -0.271 e. The number of H-pyrrole nitrogens is 1. The molecule has 0 fully saturated rings. The summed E-state index contributed by atoms with van der Waals surface area (Å²) >= 11 is 11.9. The number of rotatable bonds is 5. The predicted octanol–water partition coefficient (Wildman–Crippen LogP) is 6.90. The predicted molar refractivity (Wildman–Crippen MR) is 104 cm³/mol. The molecular weight excluding hydrogens is 494 g/mol. The number of halogens is 7. The quantitative estimate of drug-likeness (QED) is 0.233. The van der Waals surface area contributed by atoms with Crippen LogP contribution < -0.4 is 0 Å². The van der Waals surface area contributed by atoms with Crippen molar-refractivity contribution in [2.45, 2.75) is 27.4 Å². The van der Waals surface area contributed by atoms with Crippen LogP contribution in [0.3, 0.4) is 0 Å². The summed E-state index contributed by atoms with van der Waals surface area (Å²) in [4.78, 5) is 3.76. The summed E-state index contributed by atoms with van der Waals surface area (Å²) in [6, 6.07) is 6.29. The van der Waals surface area contributed by atoms with Crippen molar-refractivity contribution in [3.8, 4) is 5.69 Å². The van der Waals surface area contributed by atoms with Crippen LogP contribution in [0, 0.1) is 4.77 Å². The number of pyridine rings is 1. The van der Waals surface area contributed by atoms with Crippen molar-refractivity contribution in [3.05, 3.63) is 57.7 Å². The van der Waals surface area contributed by atoms with E-state index in [4.69, 9.17) is 23.8 Å². The molecule has 3 rings (SSSR count). The molecule has 30 heavy (non-hydrogen) atoms. The van der Waals surface area contributed by atoms with Gasteiger partial charge in [0.1, 0.15) is 10.9 Å². The van der Waals surface area contributed by atoms with Crippen LogP contribution in [-0.4, -0.2) is 25.3 Å². The molecule has 2 aromatic heterocycles. The first-order valence-corrected chi connectivity index (χ1v) is 10.4. The zero-order chi connectivity index (χ0) is 22.1. The number of benzene rings is 1. The summed E-state index contributed by atoms with van der Waals surface area (Å²) in [6.45, 7) is 0. The Balaban J connectivity index is 1.79. The van der Waals surface area contributed by atoms with Crippen LogP contribution in [0.1, 0.15) is 11.4 Å². The molecule has 0 spiro atoms. The molecular formula is C16H9ClF6N4S3. The molecule has 1 aromatic carbocycles. The normalized spacial score (nSPS) is 12.4. The maximum absolute atomic E-state index is 12.7. The fraction of sp³-hybridized carbons (Fsp3) is 0.188. The van der Waals surface area contributed by atoms with Gasteiger partial charge in [0.2, 0.25) is 0 Å². The van der Waals surface area contributed by atoms with Crippen LogP contribution in [0.4, 0.5) is 26.3 Å². The van der Waals surface area contributed by atoms with Crippen molar-refractivity contribution in [3.63, 3.8) is 0 Å².